The molecule has 1 aromatic carbocycles. The summed E-state index contributed by atoms with van der Waals surface area (Å²) < 4.78 is 6.29. The van der Waals surface area contributed by atoms with E-state index in [0.29, 0.717) is 18.7 Å². The van der Waals surface area contributed by atoms with E-state index in [4.69, 9.17) is 9.84 Å². The Hall–Kier alpha value is -1.56. The number of benzene rings is 1. The molecule has 1 aromatic rings. The van der Waals surface area contributed by atoms with Crippen molar-refractivity contribution in [1.82, 2.24) is 4.90 Å². The average molecular weight is 328 g/mol. The number of carboxylic acids is 1. The predicted octanol–water partition coefficient (Wildman–Crippen LogP) is 1.90. The minimum absolute atomic E-state index is 0.134. The van der Waals surface area contributed by atoms with Crippen LogP contribution in [0, 0.1) is 0 Å². The molecule has 1 amide bonds. The number of carbonyl (C=O) groups excluding carboxylic acids is 1. The van der Waals surface area contributed by atoms with Gasteiger partial charge < -0.3 is 14.7 Å². The van der Waals surface area contributed by atoms with Gasteiger partial charge in [0.05, 0.1) is 0 Å². The lowest BCUT2D eigenvalue weighted by Gasteiger charge is -2.21. The summed E-state index contributed by atoms with van der Waals surface area (Å²) in [6, 6.07) is 6.42. The first-order valence-electron chi connectivity index (χ1n) is 5.98. The van der Waals surface area contributed by atoms with Gasteiger partial charge >= 0.3 is 5.97 Å². The van der Waals surface area contributed by atoms with Gasteiger partial charge in [0.2, 0.25) is 0 Å². The summed E-state index contributed by atoms with van der Waals surface area (Å²) >= 11 is 3.31. The number of hydrogen-bond acceptors (Lipinski definition) is 3. The molecular weight excluding hydrogens is 314 g/mol. The van der Waals surface area contributed by atoms with Gasteiger partial charge in [0.15, 0.2) is 6.61 Å². The molecule has 0 saturated carbocycles. The quantitative estimate of drug-likeness (QED) is 0.917. The molecule has 1 N–H and O–H groups in total. The van der Waals surface area contributed by atoms with Gasteiger partial charge in [-0.1, -0.05) is 15.9 Å². The van der Waals surface area contributed by atoms with Crippen molar-refractivity contribution >= 4 is 27.8 Å². The van der Waals surface area contributed by atoms with Gasteiger partial charge in [0.25, 0.3) is 5.91 Å². The van der Waals surface area contributed by atoms with Crippen LogP contribution in [0.5, 0.6) is 5.75 Å². The minimum atomic E-state index is -0.950. The number of carboxylic acid groups (broad SMARTS) is 1. The largest absolute Gasteiger partial charge is 0.484 e. The molecule has 0 radical (unpaired) electrons. The van der Waals surface area contributed by atoms with Gasteiger partial charge in [0, 0.05) is 11.0 Å². The van der Waals surface area contributed by atoms with Crippen LogP contribution >= 0.6 is 15.9 Å². The number of amides is 1. The molecule has 1 fully saturated rings. The molecule has 1 aliphatic rings. The van der Waals surface area contributed by atoms with Crippen molar-refractivity contribution in [1.29, 1.82) is 0 Å². The highest BCUT2D eigenvalue weighted by Gasteiger charge is 2.33. The van der Waals surface area contributed by atoms with Gasteiger partial charge in [-0.25, -0.2) is 4.79 Å². The molecule has 1 atom stereocenters. The highest BCUT2D eigenvalue weighted by molar-refractivity contribution is 9.10. The number of carbonyl (C=O) groups is 2. The molecule has 0 aliphatic carbocycles. The average Bonchev–Trinajstić information content (AvgIpc) is 2.87. The van der Waals surface area contributed by atoms with Gasteiger partial charge in [-0.05, 0) is 37.1 Å². The molecule has 0 aromatic heterocycles. The maximum Gasteiger partial charge on any atom is 0.326 e. The summed E-state index contributed by atoms with van der Waals surface area (Å²) in [5, 5.41) is 9.01. The van der Waals surface area contributed by atoms with E-state index in [1.807, 2.05) is 12.1 Å². The van der Waals surface area contributed by atoms with Crippen LogP contribution in [0.25, 0.3) is 0 Å². The fourth-order valence-corrected chi connectivity index (χ4v) is 2.35. The van der Waals surface area contributed by atoms with Crippen LogP contribution in [0.4, 0.5) is 0 Å². The third-order valence-corrected chi connectivity index (χ3v) is 3.56. The third-order valence-electron chi connectivity index (χ3n) is 3.03. The van der Waals surface area contributed by atoms with E-state index in [1.165, 1.54) is 4.90 Å². The van der Waals surface area contributed by atoms with Crippen LogP contribution in [0.3, 0.4) is 0 Å². The smallest absolute Gasteiger partial charge is 0.326 e. The topological polar surface area (TPSA) is 66.8 Å². The first kappa shape index (κ1) is 13.9. The molecule has 6 heteroatoms. The Kier molecular flexibility index (Phi) is 4.42. The van der Waals surface area contributed by atoms with Crippen molar-refractivity contribution in [3.63, 3.8) is 0 Å². The van der Waals surface area contributed by atoms with Gasteiger partial charge in [0.1, 0.15) is 11.8 Å². The molecule has 1 heterocycles. The standard InChI is InChI=1S/C13H14BrNO4/c14-9-3-5-10(6-4-9)19-8-12(16)15-7-1-2-11(15)13(17)18/h3-6,11H,1-2,7-8H2,(H,17,18)/t11-/m0/s1. The maximum absolute atomic E-state index is 11.9. The number of nitrogens with zero attached hydrogens (tertiary/aromatic N) is 1. The maximum atomic E-state index is 11.9. The minimum Gasteiger partial charge on any atom is -0.484 e. The lowest BCUT2D eigenvalue weighted by Crippen LogP contribution is -2.42. The van der Waals surface area contributed by atoms with Crippen LogP contribution in [-0.2, 0) is 9.59 Å². The zero-order valence-corrected chi connectivity index (χ0v) is 11.8. The van der Waals surface area contributed by atoms with Crippen LogP contribution < -0.4 is 4.74 Å². The molecule has 1 saturated heterocycles. The number of ether oxygens (including phenoxy) is 1. The summed E-state index contributed by atoms with van der Waals surface area (Å²) in [7, 11) is 0. The summed E-state index contributed by atoms with van der Waals surface area (Å²) in [6.07, 6.45) is 1.24. The summed E-state index contributed by atoms with van der Waals surface area (Å²) in [4.78, 5) is 24.3. The molecule has 19 heavy (non-hydrogen) atoms. The second-order valence-corrected chi connectivity index (χ2v) is 5.24. The zero-order chi connectivity index (χ0) is 13.8. The Morgan fingerprint density at radius 3 is 2.68 bits per heavy atom. The van der Waals surface area contributed by atoms with Crippen molar-refractivity contribution in [2.24, 2.45) is 0 Å². The van der Waals surface area contributed by atoms with E-state index in [9.17, 15) is 9.59 Å². The van der Waals surface area contributed by atoms with Crippen molar-refractivity contribution in [2.75, 3.05) is 13.2 Å². The van der Waals surface area contributed by atoms with E-state index in [0.717, 1.165) is 10.9 Å². The molecular formula is C13H14BrNO4. The first-order chi connectivity index (χ1) is 9.08. The second-order valence-electron chi connectivity index (χ2n) is 4.33. The summed E-state index contributed by atoms with van der Waals surface area (Å²) in [5.74, 6) is -0.648. The normalized spacial score (nSPS) is 18.4. The first-order valence-corrected chi connectivity index (χ1v) is 6.78. The lowest BCUT2D eigenvalue weighted by atomic mass is 10.2. The monoisotopic (exact) mass is 327 g/mol. The zero-order valence-electron chi connectivity index (χ0n) is 10.2. The van der Waals surface area contributed by atoms with E-state index >= 15 is 0 Å². The van der Waals surface area contributed by atoms with Gasteiger partial charge in [-0.2, -0.15) is 0 Å². The molecule has 0 unspecified atom stereocenters. The Bertz CT molecular complexity index is 474. The van der Waals surface area contributed by atoms with E-state index < -0.39 is 12.0 Å². The lowest BCUT2D eigenvalue weighted by molar-refractivity contribution is -0.148. The Balaban J connectivity index is 1.90. The van der Waals surface area contributed by atoms with Crippen LogP contribution in [0.15, 0.2) is 28.7 Å². The number of rotatable bonds is 4. The third kappa shape index (κ3) is 3.47. The number of halogens is 1. The second kappa shape index (κ2) is 6.06. The molecule has 0 bridgehead atoms. The number of hydrogen-bond donors (Lipinski definition) is 1. The Morgan fingerprint density at radius 1 is 1.37 bits per heavy atom. The fourth-order valence-electron chi connectivity index (χ4n) is 2.08. The van der Waals surface area contributed by atoms with E-state index in [-0.39, 0.29) is 12.5 Å². The molecule has 2 rings (SSSR count). The fraction of sp³-hybridized carbons (Fsp3) is 0.385. The molecule has 102 valence electrons. The molecule has 1 aliphatic heterocycles. The Labute approximate surface area is 119 Å². The summed E-state index contributed by atoms with van der Waals surface area (Å²) in [6.45, 7) is 0.352. The highest BCUT2D eigenvalue weighted by Crippen LogP contribution is 2.19. The van der Waals surface area contributed by atoms with E-state index in [1.54, 1.807) is 12.1 Å². The molecule has 0 spiro atoms. The van der Waals surface area contributed by atoms with Crippen LogP contribution in [0.1, 0.15) is 12.8 Å². The summed E-state index contributed by atoms with van der Waals surface area (Å²) in [5.41, 5.74) is 0. The number of aliphatic carboxylic acids is 1. The predicted molar refractivity (Wildman–Crippen MR) is 72.0 cm³/mol. The SMILES string of the molecule is O=C(O)[C@@H]1CCCN1C(=O)COc1ccc(Br)cc1. The van der Waals surface area contributed by atoms with Crippen molar-refractivity contribution in [3.8, 4) is 5.75 Å². The van der Waals surface area contributed by atoms with Gasteiger partial charge in [-0.15, -0.1) is 0 Å². The highest BCUT2D eigenvalue weighted by atomic mass is 79.9. The van der Waals surface area contributed by atoms with Crippen LogP contribution in [0.2, 0.25) is 0 Å². The van der Waals surface area contributed by atoms with Crippen molar-refractivity contribution in [3.05, 3.63) is 28.7 Å². The van der Waals surface area contributed by atoms with Gasteiger partial charge in [-0.3, -0.25) is 4.79 Å². The van der Waals surface area contributed by atoms with E-state index in [2.05, 4.69) is 15.9 Å². The number of likely N-dealkylation sites (tertiary alicyclic amines) is 1. The van der Waals surface area contributed by atoms with Crippen molar-refractivity contribution in [2.45, 2.75) is 18.9 Å². The van der Waals surface area contributed by atoms with Crippen LogP contribution in [-0.4, -0.2) is 41.1 Å². The Morgan fingerprint density at radius 2 is 2.05 bits per heavy atom. The van der Waals surface area contributed by atoms with Crippen molar-refractivity contribution < 1.29 is 19.4 Å². The molecule has 5 nitrogen and oxygen atoms in total.